The Kier molecular flexibility index (Phi) is 5.64. The number of piperidine rings is 1. The number of amides is 1. The van der Waals surface area contributed by atoms with Crippen LogP contribution < -0.4 is 5.32 Å². The maximum atomic E-state index is 12.9. The Hall–Kier alpha value is -0.390. The lowest BCUT2D eigenvalue weighted by atomic mass is 9.74. The van der Waals surface area contributed by atoms with Crippen LogP contribution in [0.15, 0.2) is 15.2 Å². The molecule has 1 aliphatic rings. The fourth-order valence-corrected chi connectivity index (χ4v) is 4.33. The highest BCUT2D eigenvalue weighted by Gasteiger charge is 2.40. The van der Waals surface area contributed by atoms with Gasteiger partial charge in [-0.3, -0.25) is 4.79 Å². The van der Waals surface area contributed by atoms with E-state index in [-0.39, 0.29) is 5.41 Å². The van der Waals surface area contributed by atoms with Crippen molar-refractivity contribution in [3.8, 4) is 0 Å². The SMILES string of the molecule is CCCC1(C(=O)N(C)Cc2csc(Br)c2)CCNCC1. The topological polar surface area (TPSA) is 32.3 Å². The summed E-state index contributed by atoms with van der Waals surface area (Å²) in [7, 11) is 1.94. The molecule has 2 heterocycles. The van der Waals surface area contributed by atoms with Gasteiger partial charge in [0.05, 0.1) is 9.20 Å². The largest absolute Gasteiger partial charge is 0.341 e. The van der Waals surface area contributed by atoms with Crippen LogP contribution in [0.5, 0.6) is 0 Å². The van der Waals surface area contributed by atoms with Gasteiger partial charge in [-0.2, -0.15) is 0 Å². The second-order valence-corrected chi connectivity index (χ2v) is 7.99. The molecule has 1 fully saturated rings. The second kappa shape index (κ2) is 7.05. The molecule has 0 spiro atoms. The molecule has 0 bridgehead atoms. The summed E-state index contributed by atoms with van der Waals surface area (Å²) in [5.41, 5.74) is 1.07. The first-order chi connectivity index (χ1) is 9.57. The maximum absolute atomic E-state index is 12.9. The summed E-state index contributed by atoms with van der Waals surface area (Å²) in [6, 6.07) is 2.10. The summed E-state index contributed by atoms with van der Waals surface area (Å²) in [4.78, 5) is 14.8. The van der Waals surface area contributed by atoms with Gasteiger partial charge in [0.25, 0.3) is 0 Å². The molecule has 1 aliphatic heterocycles. The van der Waals surface area contributed by atoms with Crippen LogP contribution in [-0.4, -0.2) is 30.9 Å². The number of rotatable bonds is 5. The Balaban J connectivity index is 2.06. The quantitative estimate of drug-likeness (QED) is 0.871. The summed E-state index contributed by atoms with van der Waals surface area (Å²) in [6.07, 6.45) is 4.02. The molecule has 1 saturated heterocycles. The van der Waals surface area contributed by atoms with E-state index in [2.05, 4.69) is 39.6 Å². The molecule has 1 amide bonds. The van der Waals surface area contributed by atoms with E-state index in [0.717, 1.165) is 42.6 Å². The van der Waals surface area contributed by atoms with Crippen LogP contribution in [0.1, 0.15) is 38.2 Å². The average Bonchev–Trinajstić information content (AvgIpc) is 2.84. The summed E-state index contributed by atoms with van der Waals surface area (Å²) in [6.45, 7) is 4.81. The molecule has 0 aromatic carbocycles. The molecule has 0 aliphatic carbocycles. The highest BCUT2D eigenvalue weighted by molar-refractivity contribution is 9.11. The minimum Gasteiger partial charge on any atom is -0.341 e. The third kappa shape index (κ3) is 3.62. The van der Waals surface area contributed by atoms with Crippen LogP contribution in [0.2, 0.25) is 0 Å². The molecule has 0 unspecified atom stereocenters. The third-order valence-corrected chi connectivity index (χ3v) is 5.68. The van der Waals surface area contributed by atoms with Gasteiger partial charge >= 0.3 is 0 Å². The van der Waals surface area contributed by atoms with Crippen LogP contribution in [0.4, 0.5) is 0 Å². The summed E-state index contributed by atoms with van der Waals surface area (Å²) in [5, 5.41) is 5.48. The number of hydrogen-bond acceptors (Lipinski definition) is 3. The molecule has 0 atom stereocenters. The molecular weight excluding hydrogens is 336 g/mol. The van der Waals surface area contributed by atoms with Crippen molar-refractivity contribution in [3.05, 3.63) is 20.8 Å². The maximum Gasteiger partial charge on any atom is 0.228 e. The Morgan fingerprint density at radius 1 is 1.50 bits per heavy atom. The first kappa shape index (κ1) is 16.0. The number of carbonyl (C=O) groups is 1. The van der Waals surface area contributed by atoms with Crippen LogP contribution in [0.25, 0.3) is 0 Å². The lowest BCUT2D eigenvalue weighted by Gasteiger charge is -2.39. The molecule has 20 heavy (non-hydrogen) atoms. The molecule has 2 rings (SSSR count). The van der Waals surface area contributed by atoms with E-state index >= 15 is 0 Å². The number of nitrogens with zero attached hydrogens (tertiary/aromatic N) is 1. The number of nitrogens with one attached hydrogen (secondary N) is 1. The number of thiophene rings is 1. The lowest BCUT2D eigenvalue weighted by Crippen LogP contribution is -2.47. The van der Waals surface area contributed by atoms with Crippen LogP contribution in [0.3, 0.4) is 0 Å². The van der Waals surface area contributed by atoms with Crippen molar-refractivity contribution < 1.29 is 4.79 Å². The number of halogens is 1. The zero-order valence-corrected chi connectivity index (χ0v) is 14.6. The smallest absolute Gasteiger partial charge is 0.228 e. The van der Waals surface area contributed by atoms with E-state index in [1.165, 1.54) is 5.56 Å². The molecular formula is C15H23BrN2OS. The lowest BCUT2D eigenvalue weighted by molar-refractivity contribution is -0.143. The first-order valence-electron chi connectivity index (χ1n) is 7.26. The van der Waals surface area contributed by atoms with Crippen LogP contribution in [0, 0.1) is 5.41 Å². The predicted octanol–water partition coefficient (Wildman–Crippen LogP) is 3.64. The van der Waals surface area contributed by atoms with Gasteiger partial charge < -0.3 is 10.2 Å². The van der Waals surface area contributed by atoms with Crippen molar-refractivity contribution in [1.29, 1.82) is 0 Å². The highest BCUT2D eigenvalue weighted by Crippen LogP contribution is 2.36. The monoisotopic (exact) mass is 358 g/mol. The van der Waals surface area contributed by atoms with Gasteiger partial charge in [-0.25, -0.2) is 0 Å². The molecule has 3 nitrogen and oxygen atoms in total. The third-order valence-electron chi connectivity index (χ3n) is 4.13. The van der Waals surface area contributed by atoms with Crippen molar-refractivity contribution in [1.82, 2.24) is 10.2 Å². The van der Waals surface area contributed by atoms with Crippen molar-refractivity contribution >= 4 is 33.2 Å². The van der Waals surface area contributed by atoms with Crippen molar-refractivity contribution in [3.63, 3.8) is 0 Å². The molecule has 5 heteroatoms. The average molecular weight is 359 g/mol. The van der Waals surface area contributed by atoms with Crippen LogP contribution >= 0.6 is 27.3 Å². The Labute approximate surface area is 133 Å². The van der Waals surface area contributed by atoms with Gasteiger partial charge in [0.1, 0.15) is 0 Å². The fourth-order valence-electron chi connectivity index (χ4n) is 3.13. The standard InChI is InChI=1S/C15H23BrN2OS/c1-3-4-15(5-7-17-8-6-15)14(19)18(2)10-12-9-13(16)20-11-12/h9,11,17H,3-8,10H2,1-2H3. The highest BCUT2D eigenvalue weighted by atomic mass is 79.9. The Morgan fingerprint density at radius 3 is 2.75 bits per heavy atom. The van der Waals surface area contributed by atoms with E-state index in [0.29, 0.717) is 12.5 Å². The van der Waals surface area contributed by atoms with Gasteiger partial charge in [-0.05, 0) is 65.3 Å². The van der Waals surface area contributed by atoms with E-state index in [1.54, 1.807) is 11.3 Å². The molecule has 0 saturated carbocycles. The number of carbonyl (C=O) groups excluding carboxylic acids is 1. The van der Waals surface area contributed by atoms with Crippen molar-refractivity contribution in [2.75, 3.05) is 20.1 Å². The Morgan fingerprint density at radius 2 is 2.20 bits per heavy atom. The predicted molar refractivity (Wildman–Crippen MR) is 87.9 cm³/mol. The van der Waals surface area contributed by atoms with E-state index in [9.17, 15) is 4.79 Å². The van der Waals surface area contributed by atoms with Gasteiger partial charge in [-0.1, -0.05) is 13.3 Å². The molecule has 1 aromatic heterocycles. The molecule has 1 N–H and O–H groups in total. The summed E-state index contributed by atoms with van der Waals surface area (Å²) >= 11 is 5.15. The Bertz CT molecular complexity index is 449. The van der Waals surface area contributed by atoms with E-state index < -0.39 is 0 Å². The van der Waals surface area contributed by atoms with Crippen LogP contribution in [-0.2, 0) is 11.3 Å². The molecule has 0 radical (unpaired) electrons. The van der Waals surface area contributed by atoms with Gasteiger partial charge in [0.15, 0.2) is 0 Å². The fraction of sp³-hybridized carbons (Fsp3) is 0.667. The summed E-state index contributed by atoms with van der Waals surface area (Å²) < 4.78 is 1.12. The van der Waals surface area contributed by atoms with Gasteiger partial charge in [-0.15, -0.1) is 11.3 Å². The van der Waals surface area contributed by atoms with E-state index in [4.69, 9.17) is 0 Å². The normalized spacial score (nSPS) is 17.9. The second-order valence-electron chi connectivity index (χ2n) is 5.70. The minimum atomic E-state index is -0.137. The minimum absolute atomic E-state index is 0.137. The zero-order chi connectivity index (χ0) is 14.6. The molecule has 112 valence electrons. The van der Waals surface area contributed by atoms with Crippen molar-refractivity contribution in [2.24, 2.45) is 5.41 Å². The van der Waals surface area contributed by atoms with Crippen molar-refractivity contribution in [2.45, 2.75) is 39.2 Å². The number of hydrogen-bond donors (Lipinski definition) is 1. The van der Waals surface area contributed by atoms with E-state index in [1.807, 2.05) is 11.9 Å². The molecule has 1 aromatic rings. The zero-order valence-electron chi connectivity index (χ0n) is 12.2. The van der Waals surface area contributed by atoms with Gasteiger partial charge in [0, 0.05) is 13.6 Å². The van der Waals surface area contributed by atoms with Gasteiger partial charge in [0.2, 0.25) is 5.91 Å². The first-order valence-corrected chi connectivity index (χ1v) is 8.94. The summed E-state index contributed by atoms with van der Waals surface area (Å²) in [5.74, 6) is 0.322.